The van der Waals surface area contributed by atoms with Crippen molar-refractivity contribution < 1.29 is 35.5 Å². The van der Waals surface area contributed by atoms with Gasteiger partial charge in [0.05, 0.1) is 17.5 Å². The highest BCUT2D eigenvalue weighted by Crippen LogP contribution is 2.41. The number of likely N-dealkylation sites (N-methyl/N-ethyl adjacent to an activating group) is 1. The van der Waals surface area contributed by atoms with E-state index in [9.17, 15) is 35.5 Å². The summed E-state index contributed by atoms with van der Waals surface area (Å²) in [6.45, 7) is 1.58. The summed E-state index contributed by atoms with van der Waals surface area (Å²) in [6, 6.07) is 5.15. The van der Waals surface area contributed by atoms with Crippen LogP contribution in [0.1, 0.15) is 23.6 Å². The molecule has 0 spiro atoms. The second-order valence-electron chi connectivity index (χ2n) is 6.67. The average molecular weight is 460 g/mol. The Balaban J connectivity index is 2.15. The summed E-state index contributed by atoms with van der Waals surface area (Å²) >= 11 is 0. The van der Waals surface area contributed by atoms with Gasteiger partial charge in [0.2, 0.25) is 5.91 Å². The topological polar surface area (TPSA) is 61.9 Å². The molecule has 0 bridgehead atoms. The van der Waals surface area contributed by atoms with E-state index in [1.165, 1.54) is 12.1 Å². The second-order valence-corrected chi connectivity index (χ2v) is 6.67. The molecule has 2 aromatic carbocycles. The molecule has 0 aliphatic rings. The van der Waals surface area contributed by atoms with Gasteiger partial charge in [-0.1, -0.05) is 0 Å². The fourth-order valence-corrected chi connectivity index (χ4v) is 3.20. The molecule has 0 aliphatic heterocycles. The lowest BCUT2D eigenvalue weighted by molar-refractivity contribution is -0.143. The third-order valence-electron chi connectivity index (χ3n) is 4.64. The van der Waals surface area contributed by atoms with E-state index in [0.29, 0.717) is 6.07 Å². The molecule has 0 fully saturated rings. The molecule has 0 unspecified atom stereocenters. The lowest BCUT2D eigenvalue weighted by atomic mass is 9.93. The Hall–Kier alpha value is -3.44. The predicted molar refractivity (Wildman–Crippen MR) is 100.0 cm³/mol. The molecule has 12 heteroatoms. The molecule has 1 N–H and O–H groups in total. The van der Waals surface area contributed by atoms with Crippen molar-refractivity contribution in [1.29, 1.82) is 0 Å². The van der Waals surface area contributed by atoms with Crippen LogP contribution in [0.3, 0.4) is 0 Å². The third kappa shape index (κ3) is 4.89. The molecular formula is C20H15F7N4O. The quantitative estimate of drug-likeness (QED) is 0.530. The number of aromatic nitrogens is 3. The number of hydrogen-bond acceptors (Lipinski definition) is 3. The van der Waals surface area contributed by atoms with Gasteiger partial charge in [0.25, 0.3) is 0 Å². The maximum Gasteiger partial charge on any atom is 0.416 e. The van der Waals surface area contributed by atoms with Gasteiger partial charge in [-0.25, -0.2) is 9.37 Å². The Morgan fingerprint density at radius 1 is 1.03 bits per heavy atom. The molecule has 32 heavy (non-hydrogen) atoms. The molecule has 1 amide bonds. The van der Waals surface area contributed by atoms with Gasteiger partial charge < -0.3 is 4.90 Å². The van der Waals surface area contributed by atoms with Gasteiger partial charge in [-0.05, 0) is 48.9 Å². The van der Waals surface area contributed by atoms with Crippen molar-refractivity contribution in [3.63, 3.8) is 0 Å². The number of nitrogens with zero attached hydrogens (tertiary/aromatic N) is 3. The summed E-state index contributed by atoms with van der Waals surface area (Å²) in [5.74, 6) is -1.76. The largest absolute Gasteiger partial charge is 0.416 e. The minimum absolute atomic E-state index is 0.0311. The van der Waals surface area contributed by atoms with Crippen molar-refractivity contribution in [2.24, 2.45) is 0 Å². The van der Waals surface area contributed by atoms with Gasteiger partial charge in [0, 0.05) is 17.8 Å². The molecule has 0 saturated heterocycles. The summed E-state index contributed by atoms with van der Waals surface area (Å²) in [5.41, 5.74) is -4.16. The van der Waals surface area contributed by atoms with E-state index in [2.05, 4.69) is 15.2 Å². The van der Waals surface area contributed by atoms with Crippen molar-refractivity contribution in [2.75, 3.05) is 11.4 Å². The number of amides is 1. The van der Waals surface area contributed by atoms with Crippen molar-refractivity contribution in [2.45, 2.75) is 25.7 Å². The molecule has 1 heterocycles. The zero-order valence-electron chi connectivity index (χ0n) is 16.4. The Morgan fingerprint density at radius 3 is 2.19 bits per heavy atom. The van der Waals surface area contributed by atoms with Crippen LogP contribution in [-0.4, -0.2) is 27.6 Å². The van der Waals surface area contributed by atoms with E-state index in [-0.39, 0.29) is 24.1 Å². The number of carbonyl (C=O) groups excluding carboxylic acids is 1. The molecule has 1 aromatic heterocycles. The van der Waals surface area contributed by atoms with Crippen LogP contribution >= 0.6 is 0 Å². The van der Waals surface area contributed by atoms with E-state index in [1.54, 1.807) is 6.92 Å². The predicted octanol–water partition coefficient (Wildman–Crippen LogP) is 5.24. The lowest BCUT2D eigenvalue weighted by Gasteiger charge is -2.24. The van der Waals surface area contributed by atoms with Gasteiger partial charge in [0.15, 0.2) is 5.82 Å². The monoisotopic (exact) mass is 460 g/mol. The molecule has 0 aliphatic carbocycles. The summed E-state index contributed by atoms with van der Waals surface area (Å²) in [6.07, 6.45) is -10.2. The number of anilines is 1. The van der Waals surface area contributed by atoms with Crippen LogP contribution in [0.4, 0.5) is 36.4 Å². The normalized spacial score (nSPS) is 12.1. The van der Waals surface area contributed by atoms with E-state index in [0.717, 1.165) is 23.4 Å². The van der Waals surface area contributed by atoms with Gasteiger partial charge in [-0.15, -0.1) is 0 Å². The minimum Gasteiger partial charge on any atom is -0.312 e. The molecule has 5 nitrogen and oxygen atoms in total. The first-order valence-electron chi connectivity index (χ1n) is 9.14. The number of H-pyrrole nitrogens is 1. The van der Waals surface area contributed by atoms with Crippen molar-refractivity contribution in [3.05, 3.63) is 65.2 Å². The molecule has 170 valence electrons. The number of hydrogen-bond donors (Lipinski definition) is 1. The summed E-state index contributed by atoms with van der Waals surface area (Å²) in [4.78, 5) is 17.7. The molecule has 3 rings (SSSR count). The van der Waals surface area contributed by atoms with E-state index < -0.39 is 52.8 Å². The number of aromatic amines is 1. The van der Waals surface area contributed by atoms with Crippen LogP contribution in [-0.2, 0) is 23.6 Å². The number of alkyl halides is 6. The number of carbonyl (C=O) groups is 1. The highest BCUT2D eigenvalue weighted by Gasteiger charge is 2.40. The highest BCUT2D eigenvalue weighted by molar-refractivity contribution is 5.96. The first-order valence-corrected chi connectivity index (χ1v) is 9.14. The number of nitrogens with one attached hydrogen (secondary N) is 1. The fraction of sp³-hybridized carbons (Fsp3) is 0.250. The number of benzene rings is 2. The standard InChI is InChI=1S/C20H15F7N4O/c1-2-31(13-5-3-12(21)4-6-13)17(32)9-14-15(18-28-10-29-30-18)7-11(19(22,23)24)8-16(14)20(25,26)27/h3-8,10H,2,9H2,1H3,(H,28,29,30). The van der Waals surface area contributed by atoms with Gasteiger partial charge >= 0.3 is 12.4 Å². The zero-order valence-corrected chi connectivity index (χ0v) is 16.4. The molecule has 3 aromatic rings. The van der Waals surface area contributed by atoms with Crippen molar-refractivity contribution in [1.82, 2.24) is 15.2 Å². The smallest absolute Gasteiger partial charge is 0.312 e. The molecule has 0 saturated carbocycles. The van der Waals surface area contributed by atoms with E-state index in [4.69, 9.17) is 0 Å². The van der Waals surface area contributed by atoms with Gasteiger partial charge in [0.1, 0.15) is 12.1 Å². The molecule has 0 radical (unpaired) electrons. The summed E-state index contributed by atoms with van der Waals surface area (Å²) in [7, 11) is 0. The first kappa shape index (κ1) is 23.2. The van der Waals surface area contributed by atoms with Crippen molar-refractivity contribution in [3.8, 4) is 11.4 Å². The van der Waals surface area contributed by atoms with Crippen LogP contribution in [0.15, 0.2) is 42.7 Å². The second kappa shape index (κ2) is 8.60. The van der Waals surface area contributed by atoms with Crippen molar-refractivity contribution >= 4 is 11.6 Å². The Morgan fingerprint density at radius 2 is 1.69 bits per heavy atom. The van der Waals surface area contributed by atoms with Gasteiger partial charge in [-0.2, -0.15) is 31.4 Å². The van der Waals surface area contributed by atoms with Crippen LogP contribution in [0.25, 0.3) is 11.4 Å². The first-order chi connectivity index (χ1) is 14.9. The van der Waals surface area contributed by atoms with Crippen LogP contribution in [0.5, 0.6) is 0 Å². The number of halogens is 7. The Bertz CT molecular complexity index is 1090. The zero-order chi connectivity index (χ0) is 23.7. The number of rotatable bonds is 5. The Labute approximate surface area is 176 Å². The van der Waals surface area contributed by atoms with E-state index in [1.807, 2.05) is 0 Å². The summed E-state index contributed by atoms with van der Waals surface area (Å²) < 4.78 is 94.3. The maximum absolute atomic E-state index is 13.8. The lowest BCUT2D eigenvalue weighted by Crippen LogP contribution is -2.33. The molecule has 0 atom stereocenters. The Kier molecular flexibility index (Phi) is 6.24. The van der Waals surface area contributed by atoms with E-state index >= 15 is 0 Å². The van der Waals surface area contributed by atoms with Crippen LogP contribution < -0.4 is 4.90 Å². The SMILES string of the molecule is CCN(C(=O)Cc1c(-c2ncn[nH]2)cc(C(F)(F)F)cc1C(F)(F)F)c1ccc(F)cc1. The molecular weight excluding hydrogens is 445 g/mol. The van der Waals surface area contributed by atoms with Crippen LogP contribution in [0, 0.1) is 5.82 Å². The van der Waals surface area contributed by atoms with Crippen LogP contribution in [0.2, 0.25) is 0 Å². The average Bonchev–Trinajstić information content (AvgIpc) is 3.23. The third-order valence-corrected chi connectivity index (χ3v) is 4.64. The highest BCUT2D eigenvalue weighted by atomic mass is 19.4. The summed E-state index contributed by atoms with van der Waals surface area (Å²) in [5, 5.41) is 5.72. The minimum atomic E-state index is -5.18. The maximum atomic E-state index is 13.8. The van der Waals surface area contributed by atoms with Gasteiger partial charge in [-0.3, -0.25) is 9.89 Å². The fourth-order valence-electron chi connectivity index (χ4n) is 3.20.